The molecule has 0 aliphatic rings. The van der Waals surface area contributed by atoms with Gasteiger partial charge in [-0.3, -0.25) is 0 Å². The summed E-state index contributed by atoms with van der Waals surface area (Å²) < 4.78 is 0. The van der Waals surface area contributed by atoms with Crippen LogP contribution in [0, 0.1) is 0 Å². The van der Waals surface area contributed by atoms with Crippen molar-refractivity contribution < 1.29 is 15.0 Å². The van der Waals surface area contributed by atoms with Gasteiger partial charge in [0.2, 0.25) is 0 Å². The van der Waals surface area contributed by atoms with Crippen molar-refractivity contribution in [2.45, 2.75) is 18.9 Å². The highest BCUT2D eigenvalue weighted by atomic mass is 16.4. The maximum absolute atomic E-state index is 10.2. The number of rotatable bonds is 11. The molecular formula is C20H28N2O3. The van der Waals surface area contributed by atoms with E-state index in [1.54, 1.807) is 30.3 Å². The average molecular weight is 344 g/mol. The zero-order valence-electron chi connectivity index (χ0n) is 14.6. The first-order chi connectivity index (χ1) is 12.1. The van der Waals surface area contributed by atoms with Crippen molar-refractivity contribution in [2.24, 2.45) is 0 Å². The normalized spacial score (nSPS) is 10.4. The van der Waals surface area contributed by atoms with Gasteiger partial charge in [-0.2, -0.15) is 0 Å². The van der Waals surface area contributed by atoms with Crippen LogP contribution in [0.15, 0.2) is 67.1 Å². The van der Waals surface area contributed by atoms with Gasteiger partial charge in [0, 0.05) is 13.1 Å². The molecule has 1 atom stereocenters. The van der Waals surface area contributed by atoms with Gasteiger partial charge in [-0.1, -0.05) is 43.5 Å². The summed E-state index contributed by atoms with van der Waals surface area (Å²) in [6, 6.07) is 8.26. The Bertz CT molecular complexity index is 536. The monoisotopic (exact) mass is 344 g/mol. The van der Waals surface area contributed by atoms with Crippen LogP contribution in [0.4, 0.5) is 0 Å². The lowest BCUT2D eigenvalue weighted by Gasteiger charge is -2.03. The summed E-state index contributed by atoms with van der Waals surface area (Å²) >= 11 is 0. The molecule has 0 amide bonds. The van der Waals surface area contributed by atoms with Crippen molar-refractivity contribution in [3.63, 3.8) is 0 Å². The second-order valence-electron chi connectivity index (χ2n) is 5.08. The third-order valence-electron chi connectivity index (χ3n) is 3.09. The third kappa shape index (κ3) is 13.7. The van der Waals surface area contributed by atoms with Crippen LogP contribution in [0.1, 0.15) is 24.5 Å². The van der Waals surface area contributed by atoms with Gasteiger partial charge in [-0.05, 0) is 43.6 Å². The topological polar surface area (TPSA) is 81.6 Å². The highest BCUT2D eigenvalue weighted by Crippen LogP contribution is 2.10. The molecule has 0 aromatic heterocycles. The van der Waals surface area contributed by atoms with Gasteiger partial charge in [-0.25, -0.2) is 4.79 Å². The molecule has 0 aliphatic carbocycles. The molecule has 0 heterocycles. The van der Waals surface area contributed by atoms with Gasteiger partial charge >= 0.3 is 5.97 Å². The Morgan fingerprint density at radius 2 is 1.52 bits per heavy atom. The van der Waals surface area contributed by atoms with Gasteiger partial charge in [0.15, 0.2) is 6.10 Å². The molecule has 0 saturated heterocycles. The van der Waals surface area contributed by atoms with Crippen LogP contribution in [-0.4, -0.2) is 42.4 Å². The van der Waals surface area contributed by atoms with Gasteiger partial charge in [0.1, 0.15) is 0 Å². The van der Waals surface area contributed by atoms with E-state index in [1.165, 1.54) is 12.8 Å². The number of aliphatic hydroxyl groups excluding tert-OH is 1. The highest BCUT2D eigenvalue weighted by Gasteiger charge is 2.14. The molecular weight excluding hydrogens is 316 g/mol. The van der Waals surface area contributed by atoms with Crippen molar-refractivity contribution >= 4 is 5.97 Å². The lowest BCUT2D eigenvalue weighted by molar-refractivity contribution is -0.146. The van der Waals surface area contributed by atoms with Gasteiger partial charge < -0.3 is 20.8 Å². The number of carboxylic acid groups (broad SMARTS) is 1. The predicted octanol–water partition coefficient (Wildman–Crippen LogP) is 2.43. The molecule has 4 N–H and O–H groups in total. The van der Waals surface area contributed by atoms with Gasteiger partial charge in [0.05, 0.1) is 0 Å². The molecule has 25 heavy (non-hydrogen) atoms. The number of aliphatic hydroxyl groups is 1. The van der Waals surface area contributed by atoms with Crippen LogP contribution in [0.3, 0.4) is 0 Å². The first kappa shape index (κ1) is 22.6. The number of hydrogen-bond donors (Lipinski definition) is 4. The summed E-state index contributed by atoms with van der Waals surface area (Å²) in [7, 11) is 0. The summed E-state index contributed by atoms with van der Waals surface area (Å²) in [6.07, 6.45) is 4.77. The van der Waals surface area contributed by atoms with Crippen molar-refractivity contribution in [1.29, 1.82) is 0 Å². The minimum atomic E-state index is -1.41. The average Bonchev–Trinajstić information content (AvgIpc) is 2.64. The largest absolute Gasteiger partial charge is 0.479 e. The number of benzene rings is 1. The number of nitrogens with one attached hydrogen (secondary N) is 2. The molecule has 0 aliphatic heterocycles. The highest BCUT2D eigenvalue weighted by molar-refractivity contribution is 5.73. The summed E-state index contributed by atoms with van der Waals surface area (Å²) in [6.45, 7) is 10.8. The van der Waals surface area contributed by atoms with Crippen molar-refractivity contribution in [3.05, 3.63) is 72.7 Å². The Balaban J connectivity index is 0.000000472. The summed E-state index contributed by atoms with van der Waals surface area (Å²) in [5, 5.41) is 23.9. The number of hydrogen-bond acceptors (Lipinski definition) is 4. The fourth-order valence-electron chi connectivity index (χ4n) is 1.77. The van der Waals surface area contributed by atoms with E-state index in [9.17, 15) is 4.79 Å². The molecule has 136 valence electrons. The third-order valence-corrected chi connectivity index (χ3v) is 3.09. The van der Waals surface area contributed by atoms with Gasteiger partial charge in [-0.15, -0.1) is 11.5 Å². The number of unbranched alkanes of at least 4 members (excludes halogenated alkanes) is 1. The Hall–Kier alpha value is -2.39. The summed E-state index contributed by atoms with van der Waals surface area (Å²) in [5.74, 6) is -1.23. The molecule has 1 unspecified atom stereocenters. The van der Waals surface area contributed by atoms with Crippen molar-refractivity contribution in [2.75, 3.05) is 26.2 Å². The molecule has 1 rings (SSSR count). The first-order valence-electron chi connectivity index (χ1n) is 8.19. The van der Waals surface area contributed by atoms with Crippen LogP contribution in [-0.2, 0) is 4.79 Å². The maximum atomic E-state index is 10.2. The fraction of sp³-hybridized carbons (Fsp3) is 0.350. The van der Waals surface area contributed by atoms with E-state index >= 15 is 0 Å². The minimum absolute atomic E-state index is 0.403. The smallest absolute Gasteiger partial charge is 0.337 e. The SMILES string of the molecule is C=C=CCNCCCCNCC=C=C.O=C(O)C(O)c1ccccc1. The standard InChI is InChI=1S/C12H20N2.C8H8O3/c1-3-5-9-13-11-7-8-12-14-10-6-4-2;9-7(8(10)11)6-4-2-1-3-5-6/h5-6,13-14H,1-2,7-12H2;1-5,7,9H,(H,10,11). The van der Waals surface area contributed by atoms with Gasteiger partial charge in [0.25, 0.3) is 0 Å². The zero-order valence-corrected chi connectivity index (χ0v) is 14.6. The molecule has 0 saturated carbocycles. The Kier molecular flexibility index (Phi) is 14.9. The second-order valence-corrected chi connectivity index (χ2v) is 5.08. The molecule has 0 radical (unpaired) electrons. The molecule has 1 aromatic rings. The molecule has 5 nitrogen and oxygen atoms in total. The van der Waals surface area contributed by atoms with Crippen LogP contribution < -0.4 is 10.6 Å². The van der Waals surface area contributed by atoms with E-state index in [4.69, 9.17) is 10.2 Å². The van der Waals surface area contributed by atoms with E-state index in [1.807, 2.05) is 12.2 Å². The molecule has 5 heteroatoms. The minimum Gasteiger partial charge on any atom is -0.479 e. The van der Waals surface area contributed by atoms with E-state index in [-0.39, 0.29) is 0 Å². The quantitative estimate of drug-likeness (QED) is 0.366. The van der Waals surface area contributed by atoms with E-state index in [2.05, 4.69) is 35.3 Å². The maximum Gasteiger partial charge on any atom is 0.337 e. The lowest BCUT2D eigenvalue weighted by atomic mass is 10.1. The Labute approximate surface area is 150 Å². The molecule has 0 fully saturated rings. The van der Waals surface area contributed by atoms with Crippen LogP contribution in [0.2, 0.25) is 0 Å². The fourth-order valence-corrected chi connectivity index (χ4v) is 1.77. The summed E-state index contributed by atoms with van der Waals surface area (Å²) in [5.41, 5.74) is 5.85. The van der Waals surface area contributed by atoms with Crippen LogP contribution in [0.25, 0.3) is 0 Å². The lowest BCUT2D eigenvalue weighted by Crippen LogP contribution is -2.18. The van der Waals surface area contributed by atoms with Crippen LogP contribution >= 0.6 is 0 Å². The predicted molar refractivity (Wildman–Crippen MR) is 101 cm³/mol. The van der Waals surface area contributed by atoms with E-state index in [0.717, 1.165) is 26.2 Å². The Morgan fingerprint density at radius 3 is 1.92 bits per heavy atom. The molecule has 1 aromatic carbocycles. The number of carbonyl (C=O) groups is 1. The van der Waals surface area contributed by atoms with E-state index < -0.39 is 12.1 Å². The number of aliphatic carboxylic acids is 1. The van der Waals surface area contributed by atoms with Crippen molar-refractivity contribution in [3.8, 4) is 0 Å². The molecule has 0 bridgehead atoms. The molecule has 0 spiro atoms. The summed E-state index contributed by atoms with van der Waals surface area (Å²) in [4.78, 5) is 10.2. The Morgan fingerprint density at radius 1 is 1.04 bits per heavy atom. The van der Waals surface area contributed by atoms with Crippen molar-refractivity contribution in [1.82, 2.24) is 10.6 Å². The van der Waals surface area contributed by atoms with E-state index in [0.29, 0.717) is 5.56 Å². The number of carboxylic acids is 1. The first-order valence-corrected chi connectivity index (χ1v) is 8.19. The zero-order chi connectivity index (χ0) is 18.8. The van der Waals surface area contributed by atoms with Crippen LogP contribution in [0.5, 0.6) is 0 Å². The second kappa shape index (κ2) is 16.5.